The van der Waals surface area contributed by atoms with Crippen molar-refractivity contribution in [3.05, 3.63) is 38.9 Å². The maximum absolute atomic E-state index is 12.4. The molecular formula is C15H17ClN2O5. The summed E-state index contributed by atoms with van der Waals surface area (Å²) in [5, 5.41) is 22.8. The minimum atomic E-state index is -0.942. The van der Waals surface area contributed by atoms with Gasteiger partial charge in [-0.1, -0.05) is 24.4 Å². The number of carbonyl (C=O) groups excluding carboxylic acids is 1. The zero-order chi connectivity index (χ0) is 17.2. The lowest BCUT2D eigenvalue weighted by molar-refractivity contribution is -0.384. The largest absolute Gasteiger partial charge is 0.481 e. The van der Waals surface area contributed by atoms with E-state index in [1.54, 1.807) is 6.92 Å². The van der Waals surface area contributed by atoms with Crippen molar-refractivity contribution in [2.45, 2.75) is 38.1 Å². The summed E-state index contributed by atoms with van der Waals surface area (Å²) in [6.45, 7) is 1.71. The van der Waals surface area contributed by atoms with Gasteiger partial charge in [-0.2, -0.15) is 0 Å². The highest BCUT2D eigenvalue weighted by Crippen LogP contribution is 2.34. The average molecular weight is 341 g/mol. The number of nitrogens with one attached hydrogen (secondary N) is 1. The molecule has 23 heavy (non-hydrogen) atoms. The van der Waals surface area contributed by atoms with Gasteiger partial charge in [0.25, 0.3) is 11.6 Å². The molecule has 0 heterocycles. The Labute approximate surface area is 137 Å². The van der Waals surface area contributed by atoms with Crippen molar-refractivity contribution in [3.63, 3.8) is 0 Å². The van der Waals surface area contributed by atoms with E-state index in [9.17, 15) is 24.8 Å². The molecule has 1 saturated carbocycles. The number of nitrogens with zero attached hydrogens (tertiary/aromatic N) is 1. The van der Waals surface area contributed by atoms with Gasteiger partial charge in [0.2, 0.25) is 0 Å². The summed E-state index contributed by atoms with van der Waals surface area (Å²) in [6.07, 6.45) is 2.69. The Hall–Kier alpha value is -2.15. The number of carboxylic acid groups (broad SMARTS) is 1. The van der Waals surface area contributed by atoms with E-state index in [2.05, 4.69) is 5.32 Å². The maximum Gasteiger partial charge on any atom is 0.308 e. The molecule has 0 radical (unpaired) electrons. The molecule has 1 aromatic rings. The van der Waals surface area contributed by atoms with Crippen LogP contribution in [0, 0.1) is 16.0 Å². The second-order valence-electron chi connectivity index (χ2n) is 5.93. The number of hydrogen-bond acceptors (Lipinski definition) is 4. The van der Waals surface area contributed by atoms with E-state index < -0.39 is 28.3 Å². The Morgan fingerprint density at radius 1 is 1.43 bits per heavy atom. The first-order valence-electron chi connectivity index (χ1n) is 7.24. The van der Waals surface area contributed by atoms with Crippen LogP contribution in [0.2, 0.25) is 5.02 Å². The number of halogens is 1. The Morgan fingerprint density at radius 2 is 2.13 bits per heavy atom. The first kappa shape index (κ1) is 17.2. The highest BCUT2D eigenvalue weighted by molar-refractivity contribution is 6.34. The number of amides is 1. The van der Waals surface area contributed by atoms with Gasteiger partial charge in [0.1, 0.15) is 0 Å². The highest BCUT2D eigenvalue weighted by Gasteiger charge is 2.42. The molecule has 0 spiro atoms. The zero-order valence-corrected chi connectivity index (χ0v) is 13.3. The quantitative estimate of drug-likeness (QED) is 0.646. The van der Waals surface area contributed by atoms with E-state index in [-0.39, 0.29) is 16.3 Å². The molecule has 2 rings (SSSR count). The van der Waals surface area contributed by atoms with Crippen LogP contribution in [-0.2, 0) is 4.79 Å². The zero-order valence-electron chi connectivity index (χ0n) is 12.5. The second kappa shape index (κ2) is 6.54. The number of carboxylic acids is 1. The highest BCUT2D eigenvalue weighted by atomic mass is 35.5. The van der Waals surface area contributed by atoms with Gasteiger partial charge in [-0.25, -0.2) is 0 Å². The molecule has 0 saturated heterocycles. The van der Waals surface area contributed by atoms with E-state index in [4.69, 9.17) is 11.6 Å². The van der Waals surface area contributed by atoms with Crippen molar-refractivity contribution in [1.82, 2.24) is 5.32 Å². The monoisotopic (exact) mass is 340 g/mol. The Balaban J connectivity index is 2.23. The normalized spacial score (nSPS) is 24.0. The molecule has 0 unspecified atom stereocenters. The van der Waals surface area contributed by atoms with Gasteiger partial charge < -0.3 is 10.4 Å². The number of rotatable bonds is 4. The van der Waals surface area contributed by atoms with Gasteiger partial charge in [-0.05, 0) is 25.8 Å². The summed E-state index contributed by atoms with van der Waals surface area (Å²) < 4.78 is 0. The number of aliphatic carboxylic acids is 1. The molecule has 2 N–H and O–H groups in total. The minimum absolute atomic E-state index is 0.0389. The molecule has 1 amide bonds. The lowest BCUT2D eigenvalue weighted by atomic mass is 9.73. The van der Waals surface area contributed by atoms with E-state index in [1.165, 1.54) is 12.1 Å². The van der Waals surface area contributed by atoms with Crippen molar-refractivity contribution in [2.75, 3.05) is 0 Å². The molecule has 1 aromatic carbocycles. The number of benzene rings is 1. The summed E-state index contributed by atoms with van der Waals surface area (Å²) in [5.74, 6) is -2.14. The standard InChI is InChI=1S/C15H17ClN2O5/c1-15(7-3-2-4-11(15)14(20)21)17-13(19)10-6-5-9(18(22)23)8-12(10)16/h5-6,8,11H,2-4,7H2,1H3,(H,17,19)(H,20,21)/t11-,15+/m0/s1. The Bertz CT molecular complexity index is 663. The summed E-state index contributed by atoms with van der Waals surface area (Å²) in [7, 11) is 0. The Morgan fingerprint density at radius 3 is 2.70 bits per heavy atom. The van der Waals surface area contributed by atoms with Crippen molar-refractivity contribution in [3.8, 4) is 0 Å². The van der Waals surface area contributed by atoms with Crippen LogP contribution < -0.4 is 5.32 Å². The fourth-order valence-electron chi connectivity index (χ4n) is 3.01. The fourth-order valence-corrected chi connectivity index (χ4v) is 3.27. The third-order valence-electron chi connectivity index (χ3n) is 4.31. The maximum atomic E-state index is 12.4. The van der Waals surface area contributed by atoms with Crippen LogP contribution >= 0.6 is 11.6 Å². The van der Waals surface area contributed by atoms with Crippen LogP contribution in [0.1, 0.15) is 43.0 Å². The van der Waals surface area contributed by atoms with Gasteiger partial charge in [-0.15, -0.1) is 0 Å². The topological polar surface area (TPSA) is 110 Å². The third kappa shape index (κ3) is 3.61. The van der Waals surface area contributed by atoms with Crippen LogP contribution in [-0.4, -0.2) is 27.4 Å². The summed E-state index contributed by atoms with van der Waals surface area (Å²) in [5.41, 5.74) is -0.987. The van der Waals surface area contributed by atoms with E-state index >= 15 is 0 Å². The number of carbonyl (C=O) groups is 2. The predicted molar refractivity (Wildman–Crippen MR) is 83.6 cm³/mol. The molecule has 1 aliphatic carbocycles. The smallest absolute Gasteiger partial charge is 0.308 e. The molecule has 1 aliphatic rings. The van der Waals surface area contributed by atoms with Gasteiger partial charge in [-0.3, -0.25) is 19.7 Å². The Kier molecular flexibility index (Phi) is 4.89. The first-order valence-corrected chi connectivity index (χ1v) is 7.61. The fraction of sp³-hybridized carbons (Fsp3) is 0.467. The van der Waals surface area contributed by atoms with Crippen molar-refractivity contribution < 1.29 is 19.6 Å². The summed E-state index contributed by atoms with van der Waals surface area (Å²) in [6, 6.07) is 3.57. The van der Waals surface area contributed by atoms with Crippen LogP contribution in [0.3, 0.4) is 0 Å². The summed E-state index contributed by atoms with van der Waals surface area (Å²) >= 11 is 5.95. The van der Waals surface area contributed by atoms with E-state index in [0.717, 1.165) is 18.9 Å². The van der Waals surface area contributed by atoms with Crippen molar-refractivity contribution in [1.29, 1.82) is 0 Å². The summed E-state index contributed by atoms with van der Waals surface area (Å²) in [4.78, 5) is 34.0. The molecule has 7 nitrogen and oxygen atoms in total. The molecule has 0 bridgehead atoms. The molecule has 124 valence electrons. The van der Waals surface area contributed by atoms with Gasteiger partial charge in [0.15, 0.2) is 0 Å². The van der Waals surface area contributed by atoms with Crippen LogP contribution in [0.4, 0.5) is 5.69 Å². The molecule has 8 heteroatoms. The lowest BCUT2D eigenvalue weighted by Gasteiger charge is -2.39. The minimum Gasteiger partial charge on any atom is -0.481 e. The number of non-ortho nitro benzene ring substituents is 1. The molecular weight excluding hydrogens is 324 g/mol. The molecule has 0 aromatic heterocycles. The van der Waals surface area contributed by atoms with E-state index in [0.29, 0.717) is 12.8 Å². The van der Waals surface area contributed by atoms with Crippen LogP contribution in [0.25, 0.3) is 0 Å². The van der Waals surface area contributed by atoms with Crippen LogP contribution in [0.15, 0.2) is 18.2 Å². The number of nitro benzene ring substituents is 1. The van der Waals surface area contributed by atoms with Crippen molar-refractivity contribution >= 4 is 29.2 Å². The second-order valence-corrected chi connectivity index (χ2v) is 6.34. The van der Waals surface area contributed by atoms with Crippen molar-refractivity contribution in [2.24, 2.45) is 5.92 Å². The molecule has 0 aliphatic heterocycles. The molecule has 2 atom stereocenters. The third-order valence-corrected chi connectivity index (χ3v) is 4.63. The SMILES string of the molecule is C[C@@]1(NC(=O)c2ccc([N+](=O)[O-])cc2Cl)CCCC[C@H]1C(=O)O. The number of hydrogen-bond donors (Lipinski definition) is 2. The van der Waals surface area contributed by atoms with Crippen LogP contribution in [0.5, 0.6) is 0 Å². The van der Waals surface area contributed by atoms with Gasteiger partial charge in [0, 0.05) is 12.1 Å². The van der Waals surface area contributed by atoms with E-state index in [1.807, 2.05) is 0 Å². The predicted octanol–water partition coefficient (Wildman–Crippen LogP) is 3.01. The van der Waals surface area contributed by atoms with Gasteiger partial charge >= 0.3 is 5.97 Å². The first-order chi connectivity index (χ1) is 10.7. The number of nitro groups is 1. The van der Waals surface area contributed by atoms with Gasteiger partial charge in [0.05, 0.1) is 27.0 Å². The average Bonchev–Trinajstić information content (AvgIpc) is 2.46. The molecule has 1 fully saturated rings. The lowest BCUT2D eigenvalue weighted by Crippen LogP contribution is -2.55.